The van der Waals surface area contributed by atoms with Crippen LogP contribution in [0, 0.1) is 5.82 Å². The van der Waals surface area contributed by atoms with Gasteiger partial charge in [0.25, 0.3) is 11.8 Å². The number of hydrogen-bond acceptors (Lipinski definition) is 3. The van der Waals surface area contributed by atoms with Crippen LogP contribution >= 0.6 is 22.9 Å². The van der Waals surface area contributed by atoms with Crippen molar-refractivity contribution in [3.05, 3.63) is 57.0 Å². The van der Waals surface area contributed by atoms with Crippen LogP contribution in [0.15, 0.2) is 35.7 Å². The van der Waals surface area contributed by atoms with E-state index in [9.17, 15) is 14.0 Å². The molecule has 1 aromatic carbocycles. The molecule has 1 fully saturated rings. The van der Waals surface area contributed by atoms with E-state index in [2.05, 4.69) is 0 Å². The largest absolute Gasteiger partial charge is 0.335 e. The second kappa shape index (κ2) is 6.68. The Bertz CT molecular complexity index is 728. The second-order valence-corrected chi connectivity index (χ2v) is 6.55. The normalized spacial score (nSPS) is 14.9. The highest BCUT2D eigenvalue weighted by atomic mass is 35.5. The Kier molecular flexibility index (Phi) is 4.63. The minimum Gasteiger partial charge on any atom is -0.335 e. The number of rotatable bonds is 2. The van der Waals surface area contributed by atoms with Crippen molar-refractivity contribution >= 4 is 34.8 Å². The molecular formula is C16H14ClFN2O2S. The molecule has 7 heteroatoms. The van der Waals surface area contributed by atoms with Gasteiger partial charge < -0.3 is 9.80 Å². The summed E-state index contributed by atoms with van der Waals surface area (Å²) in [5.74, 6) is -0.748. The Morgan fingerprint density at radius 3 is 2.26 bits per heavy atom. The van der Waals surface area contributed by atoms with Crippen molar-refractivity contribution in [2.24, 2.45) is 0 Å². The van der Waals surface area contributed by atoms with E-state index >= 15 is 0 Å². The van der Waals surface area contributed by atoms with Crippen molar-refractivity contribution in [3.63, 3.8) is 0 Å². The van der Waals surface area contributed by atoms with Gasteiger partial charge in [-0.25, -0.2) is 4.39 Å². The van der Waals surface area contributed by atoms with Crippen LogP contribution in [0.1, 0.15) is 20.0 Å². The highest BCUT2D eigenvalue weighted by molar-refractivity contribution is 7.12. The molecule has 0 radical (unpaired) electrons. The van der Waals surface area contributed by atoms with Gasteiger partial charge in [-0.3, -0.25) is 9.59 Å². The van der Waals surface area contributed by atoms with Crippen molar-refractivity contribution in [2.45, 2.75) is 0 Å². The van der Waals surface area contributed by atoms with Crippen molar-refractivity contribution in [1.82, 2.24) is 9.80 Å². The molecule has 2 amide bonds. The number of piperazine rings is 1. The average Bonchev–Trinajstić information content (AvgIpc) is 3.11. The summed E-state index contributed by atoms with van der Waals surface area (Å²) in [5, 5.41) is 1.80. The van der Waals surface area contributed by atoms with Gasteiger partial charge in [0.15, 0.2) is 0 Å². The van der Waals surface area contributed by atoms with Gasteiger partial charge in [-0.1, -0.05) is 17.7 Å². The van der Waals surface area contributed by atoms with E-state index in [0.29, 0.717) is 36.6 Å². The van der Waals surface area contributed by atoms with E-state index in [4.69, 9.17) is 11.6 Å². The van der Waals surface area contributed by atoms with E-state index in [0.717, 1.165) is 0 Å². The summed E-state index contributed by atoms with van der Waals surface area (Å²) in [4.78, 5) is 28.8. The maximum atomic E-state index is 13.2. The molecule has 0 spiro atoms. The Balaban J connectivity index is 1.63. The molecular weight excluding hydrogens is 339 g/mol. The highest BCUT2D eigenvalue weighted by Crippen LogP contribution is 2.19. The zero-order chi connectivity index (χ0) is 16.4. The second-order valence-electron chi connectivity index (χ2n) is 5.19. The molecule has 0 bridgehead atoms. The molecule has 0 N–H and O–H groups in total. The Morgan fingerprint density at radius 2 is 1.70 bits per heavy atom. The molecule has 0 aliphatic carbocycles. The third-order valence-electron chi connectivity index (χ3n) is 3.75. The summed E-state index contributed by atoms with van der Waals surface area (Å²) in [6.07, 6.45) is 0. The molecule has 2 aromatic rings. The Labute approximate surface area is 142 Å². The van der Waals surface area contributed by atoms with E-state index in [1.165, 1.54) is 29.5 Å². The van der Waals surface area contributed by atoms with Crippen molar-refractivity contribution in [2.75, 3.05) is 26.2 Å². The fourth-order valence-corrected chi connectivity index (χ4v) is 3.35. The molecule has 1 aromatic heterocycles. The number of amides is 2. The summed E-state index contributed by atoms with van der Waals surface area (Å²) in [7, 11) is 0. The minimum atomic E-state index is -0.547. The SMILES string of the molecule is O=C(c1ccc(F)c(Cl)c1)N1CCN(C(=O)c2cccs2)CC1. The van der Waals surface area contributed by atoms with Crippen molar-refractivity contribution in [1.29, 1.82) is 0 Å². The topological polar surface area (TPSA) is 40.6 Å². The maximum Gasteiger partial charge on any atom is 0.264 e. The van der Waals surface area contributed by atoms with Gasteiger partial charge in [0.2, 0.25) is 0 Å². The van der Waals surface area contributed by atoms with E-state index in [-0.39, 0.29) is 16.8 Å². The van der Waals surface area contributed by atoms with Crippen LogP contribution in [0.3, 0.4) is 0 Å². The molecule has 23 heavy (non-hydrogen) atoms. The van der Waals surface area contributed by atoms with Gasteiger partial charge in [-0.15, -0.1) is 11.3 Å². The lowest BCUT2D eigenvalue weighted by atomic mass is 10.1. The van der Waals surface area contributed by atoms with Crippen LogP contribution in [0.4, 0.5) is 4.39 Å². The van der Waals surface area contributed by atoms with Crippen LogP contribution in [0.25, 0.3) is 0 Å². The molecule has 1 saturated heterocycles. The lowest BCUT2D eigenvalue weighted by Gasteiger charge is -2.34. The highest BCUT2D eigenvalue weighted by Gasteiger charge is 2.26. The summed E-state index contributed by atoms with van der Waals surface area (Å²) in [5.41, 5.74) is 0.356. The third kappa shape index (κ3) is 3.38. The zero-order valence-electron chi connectivity index (χ0n) is 12.2. The quantitative estimate of drug-likeness (QED) is 0.833. The van der Waals surface area contributed by atoms with E-state index < -0.39 is 5.82 Å². The van der Waals surface area contributed by atoms with Crippen LogP contribution in [-0.4, -0.2) is 47.8 Å². The number of carbonyl (C=O) groups excluding carboxylic acids is 2. The molecule has 0 saturated carbocycles. The third-order valence-corrected chi connectivity index (χ3v) is 4.90. The first kappa shape index (κ1) is 16.0. The predicted octanol–water partition coefficient (Wildman–Crippen LogP) is 3.14. The van der Waals surface area contributed by atoms with Gasteiger partial charge >= 0.3 is 0 Å². The molecule has 3 rings (SSSR count). The van der Waals surface area contributed by atoms with Crippen LogP contribution in [0.2, 0.25) is 5.02 Å². The van der Waals surface area contributed by atoms with Crippen LogP contribution < -0.4 is 0 Å². The molecule has 4 nitrogen and oxygen atoms in total. The van der Waals surface area contributed by atoms with Crippen molar-refractivity contribution < 1.29 is 14.0 Å². The molecule has 120 valence electrons. The van der Waals surface area contributed by atoms with E-state index in [1.807, 2.05) is 11.4 Å². The summed E-state index contributed by atoms with van der Waals surface area (Å²) < 4.78 is 13.2. The first-order valence-electron chi connectivity index (χ1n) is 7.13. The number of benzene rings is 1. The molecule has 1 aliphatic heterocycles. The summed E-state index contributed by atoms with van der Waals surface area (Å²) in [6.45, 7) is 1.87. The number of carbonyl (C=O) groups is 2. The Morgan fingerprint density at radius 1 is 1.04 bits per heavy atom. The lowest BCUT2D eigenvalue weighted by Crippen LogP contribution is -2.50. The predicted molar refractivity (Wildman–Crippen MR) is 87.5 cm³/mol. The Hall–Kier alpha value is -1.92. The maximum absolute atomic E-state index is 13.2. The molecule has 0 atom stereocenters. The van der Waals surface area contributed by atoms with Gasteiger partial charge in [-0.05, 0) is 29.6 Å². The van der Waals surface area contributed by atoms with Crippen molar-refractivity contribution in [3.8, 4) is 0 Å². The number of thiophene rings is 1. The number of hydrogen-bond donors (Lipinski definition) is 0. The first-order valence-corrected chi connectivity index (χ1v) is 8.39. The molecule has 0 unspecified atom stereocenters. The monoisotopic (exact) mass is 352 g/mol. The average molecular weight is 353 g/mol. The summed E-state index contributed by atoms with van der Waals surface area (Å²) in [6, 6.07) is 7.59. The fourth-order valence-electron chi connectivity index (χ4n) is 2.48. The van der Waals surface area contributed by atoms with Gasteiger partial charge in [0.05, 0.1) is 9.90 Å². The molecule has 2 heterocycles. The minimum absolute atomic E-state index is 0.00285. The van der Waals surface area contributed by atoms with Gasteiger partial charge in [0.1, 0.15) is 5.82 Å². The van der Waals surface area contributed by atoms with Crippen LogP contribution in [0.5, 0.6) is 0 Å². The van der Waals surface area contributed by atoms with E-state index in [1.54, 1.807) is 15.9 Å². The van der Waals surface area contributed by atoms with Gasteiger partial charge in [-0.2, -0.15) is 0 Å². The van der Waals surface area contributed by atoms with Gasteiger partial charge in [0, 0.05) is 31.7 Å². The van der Waals surface area contributed by atoms with Crippen LogP contribution in [-0.2, 0) is 0 Å². The lowest BCUT2D eigenvalue weighted by molar-refractivity contribution is 0.0538. The zero-order valence-corrected chi connectivity index (χ0v) is 13.7. The smallest absolute Gasteiger partial charge is 0.264 e. The summed E-state index contributed by atoms with van der Waals surface area (Å²) >= 11 is 7.13. The fraction of sp³-hybridized carbons (Fsp3) is 0.250. The first-order chi connectivity index (χ1) is 11.1. The molecule has 1 aliphatic rings. The standard InChI is InChI=1S/C16H14ClFN2O2S/c17-12-10-11(3-4-13(12)18)15(21)19-5-7-20(8-6-19)16(22)14-2-1-9-23-14/h1-4,9-10H,5-8H2. The number of nitrogens with zero attached hydrogens (tertiary/aromatic N) is 2. The number of halogens is 2.